The van der Waals surface area contributed by atoms with Crippen LogP contribution in [-0.4, -0.2) is 32.7 Å². The zero-order valence-electron chi connectivity index (χ0n) is 10.2. The minimum absolute atomic E-state index is 0.369. The summed E-state index contributed by atoms with van der Waals surface area (Å²) in [5, 5.41) is 18.0. The molecule has 0 bridgehead atoms. The molecule has 0 aliphatic carbocycles. The topological polar surface area (TPSA) is 95.1 Å². The third kappa shape index (κ3) is 2.83. The van der Waals surface area contributed by atoms with Gasteiger partial charge in [0.2, 0.25) is 0 Å². The molecule has 94 valence electrons. The molecular formula is C11H17N3O3. The van der Waals surface area contributed by atoms with Gasteiger partial charge in [-0.05, 0) is 20.3 Å². The van der Waals surface area contributed by atoms with E-state index in [4.69, 9.17) is 5.11 Å². The molecule has 0 spiro atoms. The van der Waals surface area contributed by atoms with Crippen LogP contribution < -0.4 is 5.32 Å². The third-order valence-corrected chi connectivity index (χ3v) is 2.69. The van der Waals surface area contributed by atoms with Crippen molar-refractivity contribution in [2.24, 2.45) is 0 Å². The molecule has 1 unspecified atom stereocenters. The summed E-state index contributed by atoms with van der Waals surface area (Å²) in [4.78, 5) is 23.1. The Morgan fingerprint density at radius 1 is 1.59 bits per heavy atom. The Balaban J connectivity index is 2.85. The molecule has 0 aliphatic heterocycles. The van der Waals surface area contributed by atoms with E-state index in [1.54, 1.807) is 6.92 Å². The highest BCUT2D eigenvalue weighted by Gasteiger charge is 2.34. The van der Waals surface area contributed by atoms with Crippen LogP contribution in [0.15, 0.2) is 6.20 Å². The average molecular weight is 239 g/mol. The number of H-pyrrole nitrogens is 1. The fraction of sp³-hybridized carbons (Fsp3) is 0.545. The summed E-state index contributed by atoms with van der Waals surface area (Å²) in [5.41, 5.74) is -0.254. The lowest BCUT2D eigenvalue weighted by Crippen LogP contribution is -2.52. The van der Waals surface area contributed by atoms with E-state index in [1.165, 1.54) is 13.1 Å². The summed E-state index contributed by atoms with van der Waals surface area (Å²) < 4.78 is 0. The van der Waals surface area contributed by atoms with E-state index in [1.807, 2.05) is 6.92 Å². The lowest BCUT2D eigenvalue weighted by Gasteiger charge is -2.25. The Bertz CT molecular complexity index is 427. The number of aromatic nitrogens is 2. The summed E-state index contributed by atoms with van der Waals surface area (Å²) >= 11 is 0. The first-order valence-electron chi connectivity index (χ1n) is 5.46. The summed E-state index contributed by atoms with van der Waals surface area (Å²) in [6, 6.07) is 0. The van der Waals surface area contributed by atoms with Crippen molar-refractivity contribution in [1.29, 1.82) is 0 Å². The molecule has 0 fully saturated rings. The summed E-state index contributed by atoms with van der Waals surface area (Å²) in [7, 11) is 0. The van der Waals surface area contributed by atoms with E-state index >= 15 is 0 Å². The van der Waals surface area contributed by atoms with Crippen molar-refractivity contribution in [2.45, 2.75) is 39.2 Å². The van der Waals surface area contributed by atoms with Crippen LogP contribution in [0.4, 0.5) is 0 Å². The van der Waals surface area contributed by atoms with E-state index in [0.717, 1.165) is 0 Å². The van der Waals surface area contributed by atoms with Crippen LogP contribution in [-0.2, 0) is 4.79 Å². The monoisotopic (exact) mass is 239 g/mol. The summed E-state index contributed by atoms with van der Waals surface area (Å²) in [6.45, 7) is 5.09. The van der Waals surface area contributed by atoms with Crippen molar-refractivity contribution < 1.29 is 14.7 Å². The first-order chi connectivity index (χ1) is 7.90. The predicted molar refractivity (Wildman–Crippen MR) is 61.7 cm³/mol. The van der Waals surface area contributed by atoms with Crippen LogP contribution in [0.25, 0.3) is 0 Å². The highest BCUT2D eigenvalue weighted by atomic mass is 16.4. The van der Waals surface area contributed by atoms with Crippen LogP contribution in [0.3, 0.4) is 0 Å². The van der Waals surface area contributed by atoms with Crippen LogP contribution in [0.1, 0.15) is 42.7 Å². The Labute approximate surface area is 99.4 Å². The molecule has 0 saturated carbocycles. The quantitative estimate of drug-likeness (QED) is 0.716. The maximum Gasteiger partial charge on any atom is 0.329 e. The largest absolute Gasteiger partial charge is 0.480 e. The first-order valence-corrected chi connectivity index (χ1v) is 5.46. The number of carboxylic acids is 1. The molecule has 1 atom stereocenters. The van der Waals surface area contributed by atoms with Crippen molar-refractivity contribution >= 4 is 11.9 Å². The van der Waals surface area contributed by atoms with Gasteiger partial charge in [0.15, 0.2) is 0 Å². The minimum Gasteiger partial charge on any atom is -0.480 e. The van der Waals surface area contributed by atoms with Gasteiger partial charge in [-0.15, -0.1) is 0 Å². The highest BCUT2D eigenvalue weighted by Crippen LogP contribution is 2.14. The molecule has 0 aliphatic rings. The van der Waals surface area contributed by atoms with Crippen LogP contribution in [0, 0.1) is 6.92 Å². The number of aliphatic carboxylic acids is 1. The summed E-state index contributed by atoms with van der Waals surface area (Å²) in [6.07, 6.45) is 2.44. The zero-order chi connectivity index (χ0) is 13.1. The SMILES string of the molecule is CCCC(C)(NC(=O)c1cn[nH]c1C)C(=O)O. The second kappa shape index (κ2) is 4.99. The smallest absolute Gasteiger partial charge is 0.329 e. The third-order valence-electron chi connectivity index (χ3n) is 2.69. The number of hydrogen-bond acceptors (Lipinski definition) is 3. The average Bonchev–Trinajstić information content (AvgIpc) is 2.64. The molecular weight excluding hydrogens is 222 g/mol. The molecule has 1 aromatic heterocycles. The van der Waals surface area contributed by atoms with Crippen LogP contribution >= 0.6 is 0 Å². The molecule has 1 heterocycles. The van der Waals surface area contributed by atoms with E-state index in [2.05, 4.69) is 15.5 Å². The molecule has 6 heteroatoms. The standard InChI is InChI=1S/C11H17N3O3/c1-4-5-11(3,10(16)17)13-9(15)8-6-12-14-7(8)2/h6H,4-5H2,1-3H3,(H,12,14)(H,13,15)(H,16,17). The molecule has 6 nitrogen and oxygen atoms in total. The van der Waals surface area contributed by atoms with Crippen LogP contribution in [0.2, 0.25) is 0 Å². The molecule has 3 N–H and O–H groups in total. The van der Waals surface area contributed by atoms with Crippen molar-refractivity contribution in [3.05, 3.63) is 17.5 Å². The maximum atomic E-state index is 11.9. The van der Waals surface area contributed by atoms with Gasteiger partial charge < -0.3 is 10.4 Å². The van der Waals surface area contributed by atoms with Gasteiger partial charge in [-0.3, -0.25) is 9.89 Å². The number of carboxylic acid groups (broad SMARTS) is 1. The maximum absolute atomic E-state index is 11.9. The fourth-order valence-electron chi connectivity index (χ4n) is 1.62. The number of hydrogen-bond donors (Lipinski definition) is 3. The minimum atomic E-state index is -1.24. The van der Waals surface area contributed by atoms with E-state index in [-0.39, 0.29) is 0 Å². The normalized spacial score (nSPS) is 14.1. The van der Waals surface area contributed by atoms with Gasteiger partial charge in [0.25, 0.3) is 5.91 Å². The van der Waals surface area contributed by atoms with Crippen LogP contribution in [0.5, 0.6) is 0 Å². The lowest BCUT2D eigenvalue weighted by molar-refractivity contribution is -0.144. The van der Waals surface area contributed by atoms with Gasteiger partial charge in [-0.2, -0.15) is 5.10 Å². The molecule has 0 aromatic carbocycles. The van der Waals surface area contributed by atoms with Gasteiger partial charge in [0, 0.05) is 5.69 Å². The van der Waals surface area contributed by atoms with Crippen molar-refractivity contribution in [3.8, 4) is 0 Å². The number of amides is 1. The lowest BCUT2D eigenvalue weighted by atomic mass is 9.96. The van der Waals surface area contributed by atoms with Gasteiger partial charge >= 0.3 is 5.97 Å². The molecule has 17 heavy (non-hydrogen) atoms. The Kier molecular flexibility index (Phi) is 3.88. The van der Waals surface area contributed by atoms with Gasteiger partial charge in [-0.1, -0.05) is 13.3 Å². The second-order valence-corrected chi connectivity index (χ2v) is 4.25. The molecule has 1 rings (SSSR count). The van der Waals surface area contributed by atoms with E-state index in [0.29, 0.717) is 24.1 Å². The fourth-order valence-corrected chi connectivity index (χ4v) is 1.62. The van der Waals surface area contributed by atoms with Gasteiger partial charge in [-0.25, -0.2) is 4.79 Å². The number of nitrogens with one attached hydrogen (secondary N) is 2. The number of aromatic amines is 1. The van der Waals surface area contributed by atoms with Crippen molar-refractivity contribution in [2.75, 3.05) is 0 Å². The predicted octanol–water partition coefficient (Wildman–Crippen LogP) is 1.09. The van der Waals surface area contributed by atoms with Gasteiger partial charge in [0.05, 0.1) is 11.8 Å². The zero-order valence-corrected chi connectivity index (χ0v) is 10.2. The Morgan fingerprint density at radius 2 is 2.24 bits per heavy atom. The first kappa shape index (κ1) is 13.2. The molecule has 0 saturated heterocycles. The summed E-state index contributed by atoms with van der Waals surface area (Å²) in [5.74, 6) is -1.46. The number of rotatable bonds is 5. The van der Waals surface area contributed by atoms with Crippen molar-refractivity contribution in [3.63, 3.8) is 0 Å². The molecule has 1 amide bonds. The Hall–Kier alpha value is -1.85. The second-order valence-electron chi connectivity index (χ2n) is 4.25. The molecule has 0 radical (unpaired) electrons. The molecule has 1 aromatic rings. The van der Waals surface area contributed by atoms with E-state index < -0.39 is 17.4 Å². The number of carbonyl (C=O) groups excluding carboxylic acids is 1. The van der Waals surface area contributed by atoms with Crippen molar-refractivity contribution in [1.82, 2.24) is 15.5 Å². The number of carbonyl (C=O) groups is 2. The van der Waals surface area contributed by atoms with E-state index in [9.17, 15) is 9.59 Å². The number of nitrogens with zero attached hydrogens (tertiary/aromatic N) is 1. The highest BCUT2D eigenvalue weighted by molar-refractivity contribution is 5.98. The van der Waals surface area contributed by atoms with Gasteiger partial charge in [0.1, 0.15) is 5.54 Å². The Morgan fingerprint density at radius 3 is 2.65 bits per heavy atom. The number of aryl methyl sites for hydroxylation is 1.